The van der Waals surface area contributed by atoms with E-state index in [1.165, 1.54) is 0 Å². The van der Waals surface area contributed by atoms with Crippen LogP contribution in [-0.2, 0) is 9.59 Å². The smallest absolute Gasteiger partial charge is 0.400 e. The van der Waals surface area contributed by atoms with Gasteiger partial charge in [0.2, 0.25) is 0 Å². The fourth-order valence-corrected chi connectivity index (χ4v) is 1.20. The van der Waals surface area contributed by atoms with Crippen LogP contribution in [0.1, 0.15) is 6.42 Å². The molecule has 0 heterocycles. The van der Waals surface area contributed by atoms with Crippen LogP contribution < -0.4 is 10.2 Å². The fraction of sp³-hybridized carbons (Fsp3) is 0.667. The van der Waals surface area contributed by atoms with Gasteiger partial charge in [0.05, 0.1) is 5.97 Å². The number of carbonyl (C=O) groups excluding carboxylic acids is 2. The van der Waals surface area contributed by atoms with Crippen LogP contribution in [0.15, 0.2) is 0 Å². The molecule has 0 amide bonds. The minimum absolute atomic E-state index is 0.999. The molecule has 13 heavy (non-hydrogen) atoms. The second-order valence-electron chi connectivity index (χ2n) is 2.83. The van der Waals surface area contributed by atoms with Crippen LogP contribution in [0.2, 0.25) is 0 Å². The third kappa shape index (κ3) is 1.14. The summed E-state index contributed by atoms with van der Waals surface area (Å²) in [5.41, 5.74) is -3.23. The lowest BCUT2D eigenvalue weighted by Gasteiger charge is -2.22. The Kier molecular flexibility index (Phi) is 1.78. The largest absolute Gasteiger partial charge is 0.550 e. The summed E-state index contributed by atoms with van der Waals surface area (Å²) < 4.78 is 36.1. The van der Waals surface area contributed by atoms with E-state index in [2.05, 4.69) is 0 Å². The van der Waals surface area contributed by atoms with Crippen LogP contribution in [0.4, 0.5) is 13.2 Å². The van der Waals surface area contributed by atoms with Crippen molar-refractivity contribution in [2.75, 3.05) is 0 Å². The molecule has 0 aromatic heterocycles. The Morgan fingerprint density at radius 1 is 1.31 bits per heavy atom. The van der Waals surface area contributed by atoms with Crippen LogP contribution in [0.5, 0.6) is 0 Å². The van der Waals surface area contributed by atoms with Gasteiger partial charge in [0.25, 0.3) is 0 Å². The third-order valence-electron chi connectivity index (χ3n) is 2.12. The molecule has 7 heteroatoms. The Balaban J connectivity index is 2.97. The van der Waals surface area contributed by atoms with Gasteiger partial charge in [0.15, 0.2) is 0 Å². The van der Waals surface area contributed by atoms with E-state index in [9.17, 15) is 33.0 Å². The molecule has 0 radical (unpaired) electrons. The Morgan fingerprint density at radius 2 is 1.77 bits per heavy atom. The Morgan fingerprint density at radius 3 is 1.85 bits per heavy atom. The first kappa shape index (κ1) is 9.82. The van der Waals surface area contributed by atoms with Gasteiger partial charge in [-0.3, -0.25) is 0 Å². The highest BCUT2D eigenvalue weighted by molar-refractivity contribution is 5.88. The van der Waals surface area contributed by atoms with Crippen LogP contribution in [0.3, 0.4) is 0 Å². The maximum atomic E-state index is 12.0. The Hall–Kier alpha value is -1.27. The maximum absolute atomic E-state index is 12.0. The van der Waals surface area contributed by atoms with Crippen LogP contribution in [0.25, 0.3) is 0 Å². The summed E-state index contributed by atoms with van der Waals surface area (Å²) in [6.45, 7) is 0. The van der Waals surface area contributed by atoms with E-state index in [1.54, 1.807) is 0 Å². The van der Waals surface area contributed by atoms with Gasteiger partial charge in [-0.25, -0.2) is 0 Å². The molecule has 0 aliphatic heterocycles. The second kappa shape index (κ2) is 2.36. The number of hydrogen-bond donors (Lipinski definition) is 0. The van der Waals surface area contributed by atoms with Crippen molar-refractivity contribution in [3.05, 3.63) is 0 Å². The minimum atomic E-state index is -5.10. The molecule has 0 spiro atoms. The predicted molar refractivity (Wildman–Crippen MR) is 26.6 cm³/mol. The van der Waals surface area contributed by atoms with E-state index in [1.807, 2.05) is 0 Å². The maximum Gasteiger partial charge on any atom is 0.400 e. The summed E-state index contributed by atoms with van der Waals surface area (Å²) in [6, 6.07) is 0. The lowest BCUT2D eigenvalue weighted by atomic mass is 10.0. The lowest BCUT2D eigenvalue weighted by Crippen LogP contribution is -2.46. The summed E-state index contributed by atoms with van der Waals surface area (Å²) >= 11 is 0. The second-order valence-corrected chi connectivity index (χ2v) is 2.83. The quantitative estimate of drug-likeness (QED) is 0.514. The fourth-order valence-electron chi connectivity index (χ4n) is 1.20. The summed E-state index contributed by atoms with van der Waals surface area (Å²) in [4.78, 5) is 20.1. The zero-order valence-electron chi connectivity index (χ0n) is 6.05. The minimum Gasteiger partial charge on any atom is -0.550 e. The molecular weight excluding hydrogens is 193 g/mol. The normalized spacial score (nSPS) is 32.7. The van der Waals surface area contributed by atoms with Gasteiger partial charge in [-0.2, -0.15) is 13.2 Å². The Bertz CT molecular complexity index is 272. The number of halogens is 3. The van der Waals surface area contributed by atoms with Gasteiger partial charge in [-0.05, 0) is 6.42 Å². The highest BCUT2D eigenvalue weighted by Gasteiger charge is 2.72. The summed E-state index contributed by atoms with van der Waals surface area (Å²) in [5.74, 6) is -6.44. The molecule has 0 aromatic carbocycles. The van der Waals surface area contributed by atoms with Crippen LogP contribution in [-0.4, -0.2) is 18.1 Å². The van der Waals surface area contributed by atoms with Gasteiger partial charge < -0.3 is 19.8 Å². The number of carboxylic acids is 2. The van der Waals surface area contributed by atoms with Crippen molar-refractivity contribution in [1.29, 1.82) is 0 Å². The average Bonchev–Trinajstić information content (AvgIpc) is 2.57. The highest BCUT2D eigenvalue weighted by atomic mass is 19.4. The molecular formula is C6H3F3O4-2. The third-order valence-corrected chi connectivity index (χ3v) is 2.12. The number of hydrogen-bond acceptors (Lipinski definition) is 4. The van der Waals surface area contributed by atoms with Gasteiger partial charge in [0, 0.05) is 11.9 Å². The zero-order chi connectivity index (χ0) is 10.4. The number of carbonyl (C=O) groups is 2. The molecule has 74 valence electrons. The summed E-state index contributed by atoms with van der Waals surface area (Å²) in [6.07, 6.45) is -6.10. The molecule has 0 saturated heterocycles. The van der Waals surface area contributed by atoms with Gasteiger partial charge >= 0.3 is 6.18 Å². The van der Waals surface area contributed by atoms with Crippen molar-refractivity contribution in [3.63, 3.8) is 0 Å². The molecule has 1 aliphatic carbocycles. The lowest BCUT2D eigenvalue weighted by molar-refractivity contribution is -0.338. The van der Waals surface area contributed by atoms with E-state index in [4.69, 9.17) is 0 Å². The first-order valence-electron chi connectivity index (χ1n) is 3.22. The van der Waals surface area contributed by atoms with E-state index in [0.29, 0.717) is 0 Å². The molecule has 1 rings (SSSR count). The van der Waals surface area contributed by atoms with Crippen molar-refractivity contribution in [2.24, 2.45) is 11.3 Å². The van der Waals surface area contributed by atoms with Crippen molar-refractivity contribution in [2.45, 2.75) is 12.6 Å². The summed E-state index contributed by atoms with van der Waals surface area (Å²) in [5, 5.41) is 20.1. The predicted octanol–water partition coefficient (Wildman–Crippen LogP) is -1.95. The van der Waals surface area contributed by atoms with Crippen molar-refractivity contribution in [1.82, 2.24) is 0 Å². The van der Waals surface area contributed by atoms with Crippen LogP contribution in [0, 0.1) is 11.3 Å². The highest BCUT2D eigenvalue weighted by Crippen LogP contribution is 2.61. The molecule has 2 unspecified atom stereocenters. The first-order chi connectivity index (χ1) is 5.73. The van der Waals surface area contributed by atoms with E-state index in [-0.39, 0.29) is 0 Å². The molecule has 0 bridgehead atoms. The first-order valence-corrected chi connectivity index (χ1v) is 3.22. The zero-order valence-corrected chi connectivity index (χ0v) is 6.05. The molecule has 1 aliphatic rings. The van der Waals surface area contributed by atoms with E-state index < -0.39 is 35.9 Å². The van der Waals surface area contributed by atoms with Crippen molar-refractivity contribution in [3.8, 4) is 0 Å². The molecule has 2 atom stereocenters. The average molecular weight is 196 g/mol. The SMILES string of the molecule is O=C([O-])C1CC1(C(=O)[O-])C(F)(F)F. The van der Waals surface area contributed by atoms with Gasteiger partial charge in [-0.1, -0.05) is 0 Å². The topological polar surface area (TPSA) is 80.3 Å². The number of carboxylic acid groups (broad SMARTS) is 2. The van der Waals surface area contributed by atoms with Crippen LogP contribution >= 0.6 is 0 Å². The van der Waals surface area contributed by atoms with E-state index in [0.717, 1.165) is 0 Å². The Labute approximate surface area is 70.0 Å². The number of rotatable bonds is 2. The standard InChI is InChI=1S/C6H5F3O4/c7-6(8,9)5(4(12)13)1-2(5)3(10)11/h2H,1H2,(H,10,11)(H,12,13)/p-2. The monoisotopic (exact) mass is 196 g/mol. The van der Waals surface area contributed by atoms with Gasteiger partial charge in [0.1, 0.15) is 5.41 Å². The molecule has 1 saturated carbocycles. The van der Waals surface area contributed by atoms with Crippen molar-refractivity contribution < 1.29 is 33.0 Å². The molecule has 4 nitrogen and oxygen atoms in total. The number of alkyl halides is 3. The van der Waals surface area contributed by atoms with E-state index >= 15 is 0 Å². The molecule has 1 fully saturated rings. The summed E-state index contributed by atoms with van der Waals surface area (Å²) in [7, 11) is 0. The molecule has 0 N–H and O–H groups in total. The van der Waals surface area contributed by atoms with Crippen molar-refractivity contribution >= 4 is 11.9 Å². The number of aliphatic carboxylic acids is 2. The van der Waals surface area contributed by atoms with Gasteiger partial charge in [-0.15, -0.1) is 0 Å². The molecule has 0 aromatic rings.